The molecular weight excluding hydrogens is 459 g/mol. The van der Waals surface area contributed by atoms with Crippen LogP contribution in [-0.4, -0.2) is 20.8 Å². The molecule has 3 aromatic rings. The molecule has 0 aliphatic carbocycles. The second-order valence-electron chi connectivity index (χ2n) is 6.87. The van der Waals surface area contributed by atoms with Crippen molar-refractivity contribution in [1.82, 2.24) is 0 Å². The number of rotatable bonds is 5. The van der Waals surface area contributed by atoms with Crippen molar-refractivity contribution in [1.29, 1.82) is 0 Å². The van der Waals surface area contributed by atoms with Crippen LogP contribution in [0.25, 0.3) is 11.3 Å². The number of benzene rings is 2. The summed E-state index contributed by atoms with van der Waals surface area (Å²) in [6.07, 6.45) is -4.74. The van der Waals surface area contributed by atoms with Crippen LogP contribution in [0.15, 0.2) is 68.7 Å². The Balaban J connectivity index is 2.00. The molecule has 0 fully saturated rings. The van der Waals surface area contributed by atoms with E-state index in [1.807, 2.05) is 0 Å². The summed E-state index contributed by atoms with van der Waals surface area (Å²) in [4.78, 5) is 12.5. The maximum atomic E-state index is 13.5. The Kier molecular flexibility index (Phi) is 5.90. The van der Waals surface area contributed by atoms with Gasteiger partial charge in [-0.25, -0.2) is 8.42 Å². The van der Waals surface area contributed by atoms with Crippen LogP contribution in [0.5, 0.6) is 11.5 Å². The molecule has 0 N–H and O–H groups in total. The predicted octanol–water partition coefficient (Wildman–Crippen LogP) is 5.47. The SMILES string of the molecule is Cc1cc(=O)c(Oc2ccc(C(F)(F)C(F)(F)F)cc2)c(-c2ccc(S(C)(=O)=O)cc2)o1. The van der Waals surface area contributed by atoms with Gasteiger partial charge in [0.2, 0.25) is 11.2 Å². The molecule has 1 heterocycles. The van der Waals surface area contributed by atoms with E-state index in [9.17, 15) is 35.2 Å². The predicted molar refractivity (Wildman–Crippen MR) is 105 cm³/mol. The zero-order chi connectivity index (χ0) is 23.9. The third-order valence-corrected chi connectivity index (χ3v) is 5.49. The van der Waals surface area contributed by atoms with Gasteiger partial charge in [0.25, 0.3) is 0 Å². The maximum absolute atomic E-state index is 13.5. The van der Waals surface area contributed by atoms with Crippen LogP contribution >= 0.6 is 0 Å². The monoisotopic (exact) mass is 474 g/mol. The molecule has 0 unspecified atom stereocenters. The molecule has 170 valence electrons. The zero-order valence-electron chi connectivity index (χ0n) is 16.5. The molecule has 1 aromatic heterocycles. The number of hydrogen-bond acceptors (Lipinski definition) is 5. The molecule has 0 radical (unpaired) electrons. The van der Waals surface area contributed by atoms with Crippen LogP contribution in [0.4, 0.5) is 22.0 Å². The van der Waals surface area contributed by atoms with Gasteiger partial charge >= 0.3 is 12.1 Å². The van der Waals surface area contributed by atoms with Gasteiger partial charge in [-0.05, 0) is 55.5 Å². The van der Waals surface area contributed by atoms with Crippen molar-refractivity contribution in [2.75, 3.05) is 6.26 Å². The molecule has 0 saturated heterocycles. The van der Waals surface area contributed by atoms with Crippen molar-refractivity contribution >= 4 is 9.84 Å². The van der Waals surface area contributed by atoms with E-state index in [2.05, 4.69) is 0 Å². The fraction of sp³-hybridized carbons (Fsp3) is 0.190. The van der Waals surface area contributed by atoms with Gasteiger partial charge in [0.1, 0.15) is 11.5 Å². The van der Waals surface area contributed by atoms with Crippen LogP contribution in [0, 0.1) is 6.92 Å². The highest BCUT2D eigenvalue weighted by molar-refractivity contribution is 7.90. The van der Waals surface area contributed by atoms with Crippen LogP contribution in [0.3, 0.4) is 0 Å². The fourth-order valence-corrected chi connectivity index (χ4v) is 3.38. The molecule has 0 aliphatic heterocycles. The van der Waals surface area contributed by atoms with E-state index >= 15 is 0 Å². The van der Waals surface area contributed by atoms with Gasteiger partial charge in [0, 0.05) is 23.4 Å². The summed E-state index contributed by atoms with van der Waals surface area (Å²) in [5.41, 5.74) is -1.64. The molecule has 0 atom stereocenters. The average Bonchev–Trinajstić information content (AvgIpc) is 2.69. The number of alkyl halides is 5. The number of ether oxygens (including phenoxy) is 1. The molecule has 2 aromatic carbocycles. The number of sulfone groups is 1. The highest BCUT2D eigenvalue weighted by Gasteiger charge is 2.58. The average molecular weight is 474 g/mol. The van der Waals surface area contributed by atoms with Gasteiger partial charge in [-0.3, -0.25) is 4.79 Å². The van der Waals surface area contributed by atoms with Gasteiger partial charge in [-0.2, -0.15) is 22.0 Å². The Hall–Kier alpha value is -3.21. The first kappa shape index (κ1) is 23.5. The second kappa shape index (κ2) is 8.05. The van der Waals surface area contributed by atoms with Gasteiger partial charge in [-0.1, -0.05) is 0 Å². The third kappa shape index (κ3) is 4.67. The molecule has 11 heteroatoms. The first-order chi connectivity index (χ1) is 14.7. The summed E-state index contributed by atoms with van der Waals surface area (Å²) >= 11 is 0. The molecule has 0 aliphatic rings. The maximum Gasteiger partial charge on any atom is 0.458 e. The number of aryl methyl sites for hydroxylation is 1. The minimum absolute atomic E-state index is 0.0277. The van der Waals surface area contributed by atoms with Crippen molar-refractivity contribution in [2.24, 2.45) is 0 Å². The molecule has 0 saturated carbocycles. The Bertz CT molecular complexity index is 1290. The summed E-state index contributed by atoms with van der Waals surface area (Å²) in [6.45, 7) is 1.49. The topological polar surface area (TPSA) is 73.6 Å². The van der Waals surface area contributed by atoms with Crippen molar-refractivity contribution < 1.29 is 39.5 Å². The molecule has 5 nitrogen and oxygen atoms in total. The minimum atomic E-state index is -5.77. The van der Waals surface area contributed by atoms with Gasteiger partial charge < -0.3 is 9.15 Å². The van der Waals surface area contributed by atoms with Gasteiger partial charge in [0.15, 0.2) is 15.6 Å². The lowest BCUT2D eigenvalue weighted by Gasteiger charge is -2.20. The summed E-state index contributed by atoms with van der Waals surface area (Å²) in [6, 6.07) is 9.28. The minimum Gasteiger partial charge on any atom is -0.457 e. The van der Waals surface area contributed by atoms with Crippen molar-refractivity contribution in [3.63, 3.8) is 0 Å². The molecule has 0 amide bonds. The van der Waals surface area contributed by atoms with Crippen molar-refractivity contribution in [3.8, 4) is 22.8 Å². The summed E-state index contributed by atoms with van der Waals surface area (Å²) in [5.74, 6) is -5.44. The molecular formula is C21H15F5O5S. The largest absolute Gasteiger partial charge is 0.458 e. The smallest absolute Gasteiger partial charge is 0.457 e. The lowest BCUT2D eigenvalue weighted by Crippen LogP contribution is -2.33. The molecule has 0 spiro atoms. The van der Waals surface area contributed by atoms with Crippen molar-refractivity contribution in [2.45, 2.75) is 23.9 Å². The molecule has 3 rings (SSSR count). The summed E-state index contributed by atoms with van der Waals surface area (Å²) in [7, 11) is -3.47. The van der Waals surface area contributed by atoms with E-state index in [0.29, 0.717) is 12.1 Å². The van der Waals surface area contributed by atoms with E-state index < -0.39 is 32.9 Å². The second-order valence-corrected chi connectivity index (χ2v) is 8.89. The molecule has 32 heavy (non-hydrogen) atoms. The highest BCUT2D eigenvalue weighted by Crippen LogP contribution is 2.44. The Morgan fingerprint density at radius 2 is 1.47 bits per heavy atom. The molecule has 0 bridgehead atoms. The Morgan fingerprint density at radius 3 is 1.97 bits per heavy atom. The van der Waals surface area contributed by atoms with E-state index in [1.165, 1.54) is 31.2 Å². The lowest BCUT2D eigenvalue weighted by atomic mass is 10.1. The van der Waals surface area contributed by atoms with Crippen LogP contribution in [-0.2, 0) is 15.8 Å². The first-order valence-electron chi connectivity index (χ1n) is 8.88. The zero-order valence-corrected chi connectivity index (χ0v) is 17.4. The van der Waals surface area contributed by atoms with E-state index in [1.54, 1.807) is 0 Å². The normalized spacial score (nSPS) is 12.6. The third-order valence-electron chi connectivity index (χ3n) is 4.36. The number of hydrogen-bond donors (Lipinski definition) is 0. The Labute approximate surface area is 179 Å². The van der Waals surface area contributed by atoms with Crippen LogP contribution in [0.2, 0.25) is 0 Å². The first-order valence-corrected chi connectivity index (χ1v) is 10.8. The highest BCUT2D eigenvalue weighted by atomic mass is 32.2. The number of halogens is 5. The van der Waals surface area contributed by atoms with E-state index in [-0.39, 0.29) is 33.5 Å². The van der Waals surface area contributed by atoms with Crippen molar-refractivity contribution in [3.05, 3.63) is 76.1 Å². The Morgan fingerprint density at radius 1 is 0.906 bits per heavy atom. The van der Waals surface area contributed by atoms with Crippen LogP contribution < -0.4 is 10.2 Å². The fourth-order valence-electron chi connectivity index (χ4n) is 2.75. The van der Waals surface area contributed by atoms with Crippen LogP contribution in [0.1, 0.15) is 11.3 Å². The summed E-state index contributed by atoms with van der Waals surface area (Å²) in [5, 5.41) is 0. The van der Waals surface area contributed by atoms with E-state index in [0.717, 1.165) is 24.5 Å². The quantitative estimate of drug-likeness (QED) is 0.459. The summed E-state index contributed by atoms with van der Waals surface area (Å²) < 4.78 is 98.8. The van der Waals surface area contributed by atoms with Gasteiger partial charge in [-0.15, -0.1) is 0 Å². The standard InChI is InChI=1S/C21H15F5O5S/c1-12-11-17(27)19(18(30-12)13-3-9-16(10-4-13)32(2,28)29)31-15-7-5-14(6-8-15)20(22,23)21(24,25)26/h3-11H,1-2H3. The van der Waals surface area contributed by atoms with E-state index in [4.69, 9.17) is 9.15 Å². The van der Waals surface area contributed by atoms with Gasteiger partial charge in [0.05, 0.1) is 4.90 Å². The lowest BCUT2D eigenvalue weighted by molar-refractivity contribution is -0.289.